The highest BCUT2D eigenvalue weighted by Crippen LogP contribution is 2.38. The van der Waals surface area contributed by atoms with E-state index in [9.17, 15) is 14.0 Å². The van der Waals surface area contributed by atoms with Crippen molar-refractivity contribution in [3.05, 3.63) is 35.6 Å². The van der Waals surface area contributed by atoms with Gasteiger partial charge >= 0.3 is 0 Å². The van der Waals surface area contributed by atoms with Gasteiger partial charge in [-0.25, -0.2) is 9.40 Å². The molecule has 0 radical (unpaired) electrons. The van der Waals surface area contributed by atoms with E-state index in [4.69, 9.17) is 0 Å². The predicted octanol–water partition coefficient (Wildman–Crippen LogP) is 1.81. The van der Waals surface area contributed by atoms with Gasteiger partial charge in [-0.1, -0.05) is 19.1 Å². The van der Waals surface area contributed by atoms with Gasteiger partial charge in [0.2, 0.25) is 11.8 Å². The molecule has 0 spiro atoms. The van der Waals surface area contributed by atoms with Crippen LogP contribution in [0.5, 0.6) is 0 Å². The SMILES string of the molecule is CCCNC(=O)C1CCC2C(C1)N(Cc1cccc(F)c1)C(=O)C1CCNN12. The van der Waals surface area contributed by atoms with Crippen LogP contribution in [0.15, 0.2) is 24.3 Å². The number of amides is 2. The van der Waals surface area contributed by atoms with Gasteiger partial charge in [-0.15, -0.1) is 0 Å². The monoisotopic (exact) mass is 388 g/mol. The largest absolute Gasteiger partial charge is 0.356 e. The number of nitrogens with zero attached hydrogens (tertiary/aromatic N) is 2. The summed E-state index contributed by atoms with van der Waals surface area (Å²) in [7, 11) is 0. The van der Waals surface area contributed by atoms with Crippen LogP contribution in [0.2, 0.25) is 0 Å². The van der Waals surface area contributed by atoms with Crippen LogP contribution in [0.4, 0.5) is 4.39 Å². The van der Waals surface area contributed by atoms with E-state index in [0.717, 1.165) is 37.8 Å². The highest BCUT2D eigenvalue weighted by molar-refractivity contribution is 5.84. The van der Waals surface area contributed by atoms with Gasteiger partial charge in [-0.2, -0.15) is 0 Å². The van der Waals surface area contributed by atoms with E-state index < -0.39 is 0 Å². The van der Waals surface area contributed by atoms with E-state index in [-0.39, 0.29) is 41.7 Å². The Labute approximate surface area is 165 Å². The van der Waals surface area contributed by atoms with Gasteiger partial charge in [0.25, 0.3) is 0 Å². The molecule has 3 fully saturated rings. The first-order valence-corrected chi connectivity index (χ1v) is 10.4. The number of rotatable bonds is 5. The molecule has 152 valence electrons. The molecule has 2 aliphatic heterocycles. The molecule has 2 heterocycles. The molecule has 4 unspecified atom stereocenters. The zero-order valence-corrected chi connectivity index (χ0v) is 16.4. The van der Waals surface area contributed by atoms with Gasteiger partial charge in [-0.3, -0.25) is 15.0 Å². The number of hydrogen-bond acceptors (Lipinski definition) is 4. The second-order valence-corrected chi connectivity index (χ2v) is 8.15. The van der Waals surface area contributed by atoms with Gasteiger partial charge in [0.1, 0.15) is 11.9 Å². The summed E-state index contributed by atoms with van der Waals surface area (Å²) in [5.74, 6) is -0.182. The van der Waals surface area contributed by atoms with Crippen molar-refractivity contribution < 1.29 is 14.0 Å². The van der Waals surface area contributed by atoms with Gasteiger partial charge in [0, 0.05) is 37.6 Å². The van der Waals surface area contributed by atoms with E-state index >= 15 is 0 Å². The third kappa shape index (κ3) is 3.65. The van der Waals surface area contributed by atoms with Crippen molar-refractivity contribution in [1.82, 2.24) is 20.7 Å². The lowest BCUT2D eigenvalue weighted by Gasteiger charge is -2.51. The van der Waals surface area contributed by atoms with Crippen molar-refractivity contribution in [2.24, 2.45) is 5.92 Å². The van der Waals surface area contributed by atoms with Gasteiger partial charge in [0.15, 0.2) is 0 Å². The van der Waals surface area contributed by atoms with Gasteiger partial charge in [0.05, 0.1) is 0 Å². The number of benzene rings is 1. The molecule has 0 bridgehead atoms. The molecule has 28 heavy (non-hydrogen) atoms. The Hall–Kier alpha value is -1.99. The molecular weight excluding hydrogens is 359 g/mol. The minimum absolute atomic E-state index is 0.0382. The summed E-state index contributed by atoms with van der Waals surface area (Å²) in [5, 5.41) is 5.14. The number of piperazine rings is 1. The predicted molar refractivity (Wildman–Crippen MR) is 103 cm³/mol. The molecule has 1 aromatic rings. The Kier molecular flexibility index (Phi) is 5.64. The fourth-order valence-corrected chi connectivity index (χ4v) is 4.97. The second kappa shape index (κ2) is 8.17. The third-order valence-electron chi connectivity index (χ3n) is 6.32. The summed E-state index contributed by atoms with van der Waals surface area (Å²) in [6.07, 6.45) is 4.08. The van der Waals surface area contributed by atoms with E-state index in [0.29, 0.717) is 19.5 Å². The van der Waals surface area contributed by atoms with Crippen molar-refractivity contribution in [2.45, 2.75) is 63.7 Å². The first-order chi connectivity index (χ1) is 13.6. The van der Waals surface area contributed by atoms with Gasteiger partial charge in [-0.05, 0) is 49.8 Å². The Morgan fingerprint density at radius 2 is 2.14 bits per heavy atom. The number of fused-ring (bicyclic) bond motifs is 3. The maximum absolute atomic E-state index is 13.7. The maximum Gasteiger partial charge on any atom is 0.242 e. The van der Waals surface area contributed by atoms with Crippen LogP contribution in [0.25, 0.3) is 0 Å². The Morgan fingerprint density at radius 3 is 2.93 bits per heavy atom. The first kappa shape index (κ1) is 19.3. The second-order valence-electron chi connectivity index (χ2n) is 8.15. The number of carbonyl (C=O) groups excluding carboxylic acids is 2. The molecule has 2 N–H and O–H groups in total. The van der Waals surface area contributed by atoms with Gasteiger partial charge < -0.3 is 10.2 Å². The third-order valence-corrected chi connectivity index (χ3v) is 6.32. The summed E-state index contributed by atoms with van der Waals surface area (Å²) in [5.41, 5.74) is 4.18. The average Bonchev–Trinajstić information content (AvgIpc) is 3.19. The molecule has 2 saturated heterocycles. The quantitative estimate of drug-likeness (QED) is 0.808. The van der Waals surface area contributed by atoms with Crippen LogP contribution in [0.1, 0.15) is 44.6 Å². The van der Waals surface area contributed by atoms with Crippen molar-refractivity contribution in [3.63, 3.8) is 0 Å². The number of hydrazine groups is 1. The molecule has 1 aromatic carbocycles. The number of halogens is 1. The topological polar surface area (TPSA) is 64.7 Å². The highest BCUT2D eigenvalue weighted by atomic mass is 19.1. The van der Waals surface area contributed by atoms with Crippen LogP contribution in [-0.4, -0.2) is 52.9 Å². The van der Waals surface area contributed by atoms with E-state index in [1.807, 2.05) is 17.9 Å². The molecule has 1 saturated carbocycles. The number of carbonyl (C=O) groups is 2. The van der Waals surface area contributed by atoms with E-state index in [1.54, 1.807) is 6.07 Å². The molecule has 6 nitrogen and oxygen atoms in total. The van der Waals surface area contributed by atoms with E-state index in [1.165, 1.54) is 12.1 Å². The van der Waals surface area contributed by atoms with Crippen LogP contribution in [0, 0.1) is 11.7 Å². The average molecular weight is 388 g/mol. The molecule has 1 aliphatic carbocycles. The smallest absolute Gasteiger partial charge is 0.242 e. The molecule has 2 amide bonds. The summed E-state index contributed by atoms with van der Waals surface area (Å²) in [6.45, 7) is 3.92. The van der Waals surface area contributed by atoms with Crippen LogP contribution in [-0.2, 0) is 16.1 Å². The minimum Gasteiger partial charge on any atom is -0.356 e. The maximum atomic E-state index is 13.7. The Morgan fingerprint density at radius 1 is 1.29 bits per heavy atom. The summed E-state index contributed by atoms with van der Waals surface area (Å²) in [4.78, 5) is 27.7. The van der Waals surface area contributed by atoms with Crippen molar-refractivity contribution >= 4 is 11.8 Å². The lowest BCUT2D eigenvalue weighted by Crippen LogP contribution is -2.68. The normalized spacial score (nSPS) is 30.1. The summed E-state index contributed by atoms with van der Waals surface area (Å²) >= 11 is 0. The minimum atomic E-state index is -0.289. The van der Waals surface area contributed by atoms with Crippen LogP contribution in [0.3, 0.4) is 0 Å². The fourth-order valence-electron chi connectivity index (χ4n) is 4.97. The molecule has 4 atom stereocenters. The number of nitrogens with one attached hydrogen (secondary N) is 2. The fraction of sp³-hybridized carbons (Fsp3) is 0.619. The molecule has 3 aliphatic rings. The lowest BCUT2D eigenvalue weighted by molar-refractivity contribution is -0.157. The molecule has 7 heteroatoms. The van der Waals surface area contributed by atoms with Crippen molar-refractivity contribution in [2.75, 3.05) is 13.1 Å². The lowest BCUT2D eigenvalue weighted by atomic mass is 9.78. The summed E-state index contributed by atoms with van der Waals surface area (Å²) < 4.78 is 13.7. The molecule has 0 aromatic heterocycles. The first-order valence-electron chi connectivity index (χ1n) is 10.4. The van der Waals surface area contributed by atoms with Crippen molar-refractivity contribution in [1.29, 1.82) is 0 Å². The number of hydrogen-bond donors (Lipinski definition) is 2. The zero-order valence-electron chi connectivity index (χ0n) is 16.4. The zero-order chi connectivity index (χ0) is 19.7. The molecule has 4 rings (SSSR count). The summed E-state index contributed by atoms with van der Waals surface area (Å²) in [6, 6.07) is 6.47. The standard InChI is InChI=1S/C21H29FN4O2/c1-2-9-23-20(27)15-6-7-17-19(12-15)25(13-14-4-3-5-16(22)11-14)21(28)18-8-10-24-26(17)18/h3-5,11,15,17-19,24H,2,6-10,12-13H2,1H3,(H,23,27). The Balaban J connectivity index is 1.57. The van der Waals surface area contributed by atoms with Crippen molar-refractivity contribution in [3.8, 4) is 0 Å². The van der Waals surface area contributed by atoms with Crippen LogP contribution < -0.4 is 10.7 Å². The molecular formula is C21H29FN4O2. The van der Waals surface area contributed by atoms with Crippen LogP contribution >= 0.6 is 0 Å². The van der Waals surface area contributed by atoms with E-state index in [2.05, 4.69) is 15.8 Å². The highest BCUT2D eigenvalue weighted by Gasteiger charge is 2.51. The Bertz CT molecular complexity index is 743.